The minimum absolute atomic E-state index is 0.509. The predicted octanol–water partition coefficient (Wildman–Crippen LogP) is 5.35. The van der Waals surface area contributed by atoms with Crippen LogP contribution < -0.4 is 4.74 Å². The zero-order chi connectivity index (χ0) is 38.5. The van der Waals surface area contributed by atoms with Crippen molar-refractivity contribution in [3.63, 3.8) is 0 Å². The topological polar surface area (TPSA) is 120 Å². The maximum Gasteiger partial charge on any atom is 0.119 e. The Labute approximate surface area is 326 Å². The number of hydrogen-bond acceptors (Lipinski definition) is 13. The van der Waals surface area contributed by atoms with Gasteiger partial charge >= 0.3 is 0 Å². The highest BCUT2D eigenvalue weighted by Crippen LogP contribution is 2.15. The SMILES string of the molecule is C=CCOCCOCCOCCOCCOCCOCCOCCOCCOCCOCCOCCOCCOc1ccc(CCCCCCCC)cc1. The number of aryl methyl sites for hydroxylation is 1. The summed E-state index contributed by atoms with van der Waals surface area (Å²) in [6.45, 7) is 18.9. The molecular weight excluding hydrogens is 700 g/mol. The lowest BCUT2D eigenvalue weighted by molar-refractivity contribution is -0.0283. The summed E-state index contributed by atoms with van der Waals surface area (Å²) in [5.74, 6) is 0.884. The largest absolute Gasteiger partial charge is 0.491 e. The van der Waals surface area contributed by atoms with Crippen LogP contribution in [0.2, 0.25) is 0 Å². The first-order valence-corrected chi connectivity index (χ1v) is 20.1. The third-order valence-electron chi connectivity index (χ3n) is 7.57. The van der Waals surface area contributed by atoms with Crippen molar-refractivity contribution in [2.75, 3.05) is 165 Å². The lowest BCUT2D eigenvalue weighted by atomic mass is 10.0. The van der Waals surface area contributed by atoms with Gasteiger partial charge in [0.1, 0.15) is 12.4 Å². The van der Waals surface area contributed by atoms with Gasteiger partial charge in [0.2, 0.25) is 0 Å². The van der Waals surface area contributed by atoms with E-state index in [1.807, 2.05) is 0 Å². The monoisotopic (exact) mass is 775 g/mol. The quantitative estimate of drug-likeness (QED) is 0.0626. The van der Waals surface area contributed by atoms with Crippen molar-refractivity contribution in [3.05, 3.63) is 42.5 Å². The summed E-state index contributed by atoms with van der Waals surface area (Å²) in [5, 5.41) is 0. The molecule has 0 spiro atoms. The molecule has 0 atom stereocenters. The van der Waals surface area contributed by atoms with Crippen LogP contribution in [0.4, 0.5) is 0 Å². The molecule has 0 aromatic heterocycles. The van der Waals surface area contributed by atoms with Crippen LogP contribution in [0.25, 0.3) is 0 Å². The molecule has 0 unspecified atom stereocenters. The molecule has 13 heteroatoms. The van der Waals surface area contributed by atoms with Gasteiger partial charge in [0.15, 0.2) is 0 Å². The van der Waals surface area contributed by atoms with Crippen LogP contribution in [0.5, 0.6) is 5.75 Å². The lowest BCUT2D eigenvalue weighted by Gasteiger charge is -2.09. The number of rotatable bonds is 46. The van der Waals surface area contributed by atoms with Crippen molar-refractivity contribution >= 4 is 0 Å². The number of unbranched alkanes of at least 4 members (excludes halogenated alkanes) is 5. The zero-order valence-electron chi connectivity index (χ0n) is 33.5. The van der Waals surface area contributed by atoms with Crippen molar-refractivity contribution in [3.8, 4) is 5.75 Å². The normalized spacial score (nSPS) is 11.4. The van der Waals surface area contributed by atoms with Gasteiger partial charge in [-0.05, 0) is 30.5 Å². The van der Waals surface area contributed by atoms with E-state index in [2.05, 4.69) is 37.8 Å². The molecular formula is C41H74O13. The van der Waals surface area contributed by atoms with Gasteiger partial charge < -0.3 is 61.6 Å². The smallest absolute Gasteiger partial charge is 0.119 e. The molecule has 0 N–H and O–H groups in total. The Hall–Kier alpha value is -1.72. The third-order valence-corrected chi connectivity index (χ3v) is 7.57. The molecule has 54 heavy (non-hydrogen) atoms. The summed E-state index contributed by atoms with van der Waals surface area (Å²) >= 11 is 0. The predicted molar refractivity (Wildman–Crippen MR) is 209 cm³/mol. The number of ether oxygens (including phenoxy) is 13. The van der Waals surface area contributed by atoms with Crippen molar-refractivity contribution in [1.29, 1.82) is 0 Å². The van der Waals surface area contributed by atoms with E-state index in [4.69, 9.17) is 61.6 Å². The first kappa shape index (κ1) is 50.3. The van der Waals surface area contributed by atoms with Gasteiger partial charge in [0.25, 0.3) is 0 Å². The van der Waals surface area contributed by atoms with E-state index in [9.17, 15) is 0 Å². The van der Waals surface area contributed by atoms with Crippen LogP contribution in [-0.2, 0) is 63.3 Å². The number of benzene rings is 1. The van der Waals surface area contributed by atoms with Crippen LogP contribution >= 0.6 is 0 Å². The van der Waals surface area contributed by atoms with E-state index in [1.54, 1.807) is 6.08 Å². The highest BCUT2D eigenvalue weighted by Gasteiger charge is 1.99. The van der Waals surface area contributed by atoms with E-state index >= 15 is 0 Å². The minimum Gasteiger partial charge on any atom is -0.491 e. The Bertz CT molecular complexity index is 862. The minimum atomic E-state index is 0.509. The summed E-state index contributed by atoms with van der Waals surface area (Å²) in [5.41, 5.74) is 1.38. The maximum absolute atomic E-state index is 5.78. The van der Waals surface area contributed by atoms with Crippen LogP contribution in [0.3, 0.4) is 0 Å². The van der Waals surface area contributed by atoms with Crippen molar-refractivity contribution < 1.29 is 61.6 Å². The third kappa shape index (κ3) is 38.6. The first-order chi connectivity index (χ1) is 26.9. The summed E-state index contributed by atoms with van der Waals surface area (Å²) in [6, 6.07) is 8.43. The zero-order valence-corrected chi connectivity index (χ0v) is 33.5. The van der Waals surface area contributed by atoms with E-state index in [-0.39, 0.29) is 0 Å². The molecule has 1 rings (SSSR count). The second kappa shape index (κ2) is 44.0. The second-order valence-electron chi connectivity index (χ2n) is 12.1. The Morgan fingerprint density at radius 1 is 0.370 bits per heavy atom. The molecule has 0 saturated carbocycles. The molecule has 316 valence electrons. The highest BCUT2D eigenvalue weighted by atomic mass is 16.6. The fourth-order valence-corrected chi connectivity index (χ4v) is 4.67. The Balaban J connectivity index is 1.67. The maximum atomic E-state index is 5.78. The van der Waals surface area contributed by atoms with E-state index in [0.717, 1.165) is 12.2 Å². The van der Waals surface area contributed by atoms with Gasteiger partial charge in [-0.1, -0.05) is 57.2 Å². The summed E-state index contributed by atoms with van der Waals surface area (Å²) in [6.07, 6.45) is 10.8. The fourth-order valence-electron chi connectivity index (χ4n) is 4.67. The van der Waals surface area contributed by atoms with Crippen LogP contribution in [0.15, 0.2) is 36.9 Å². The van der Waals surface area contributed by atoms with E-state index in [0.29, 0.717) is 165 Å². The molecule has 0 radical (unpaired) electrons. The molecule has 0 amide bonds. The van der Waals surface area contributed by atoms with E-state index in [1.165, 1.54) is 44.1 Å². The molecule has 0 fully saturated rings. The lowest BCUT2D eigenvalue weighted by Crippen LogP contribution is -2.15. The highest BCUT2D eigenvalue weighted by molar-refractivity contribution is 5.27. The molecule has 0 saturated heterocycles. The fraction of sp³-hybridized carbons (Fsp3) is 0.805. The van der Waals surface area contributed by atoms with Crippen molar-refractivity contribution in [1.82, 2.24) is 0 Å². The Morgan fingerprint density at radius 2 is 0.667 bits per heavy atom. The van der Waals surface area contributed by atoms with Crippen LogP contribution in [0.1, 0.15) is 51.0 Å². The molecule has 1 aromatic rings. The molecule has 0 aliphatic carbocycles. The van der Waals surface area contributed by atoms with Crippen LogP contribution in [-0.4, -0.2) is 165 Å². The average Bonchev–Trinajstić information content (AvgIpc) is 3.19. The Kier molecular flexibility index (Phi) is 41.0. The Morgan fingerprint density at radius 3 is 1.00 bits per heavy atom. The standard InChI is InChI=1S/C41H74O13/c1-3-5-6-7-8-9-10-40-11-13-41(14-12-40)54-39-38-53-37-36-52-35-34-51-33-32-50-31-30-49-29-28-48-27-26-47-25-24-46-23-22-45-21-20-44-19-18-43-17-16-42-15-4-2/h4,11-14H,2-3,5-10,15-39H2,1H3. The molecule has 1 aromatic carbocycles. The van der Waals surface area contributed by atoms with Gasteiger partial charge in [0.05, 0.1) is 159 Å². The number of hydrogen-bond donors (Lipinski definition) is 0. The molecule has 0 heterocycles. The first-order valence-electron chi connectivity index (χ1n) is 20.1. The summed E-state index contributed by atoms with van der Waals surface area (Å²) in [7, 11) is 0. The molecule has 13 nitrogen and oxygen atoms in total. The molecule has 0 aliphatic heterocycles. The summed E-state index contributed by atoms with van der Waals surface area (Å²) in [4.78, 5) is 0. The van der Waals surface area contributed by atoms with Crippen molar-refractivity contribution in [2.45, 2.75) is 51.9 Å². The van der Waals surface area contributed by atoms with Gasteiger partial charge in [-0.2, -0.15) is 0 Å². The molecule has 0 aliphatic rings. The van der Waals surface area contributed by atoms with Crippen LogP contribution in [0, 0.1) is 0 Å². The van der Waals surface area contributed by atoms with Gasteiger partial charge in [0, 0.05) is 0 Å². The van der Waals surface area contributed by atoms with Gasteiger partial charge in [-0.3, -0.25) is 0 Å². The second-order valence-corrected chi connectivity index (χ2v) is 12.1. The average molecular weight is 775 g/mol. The van der Waals surface area contributed by atoms with Crippen molar-refractivity contribution in [2.24, 2.45) is 0 Å². The van der Waals surface area contributed by atoms with Gasteiger partial charge in [-0.25, -0.2) is 0 Å². The summed E-state index contributed by atoms with van der Waals surface area (Å²) < 4.78 is 71.5. The molecule has 0 bridgehead atoms. The van der Waals surface area contributed by atoms with E-state index < -0.39 is 0 Å². The van der Waals surface area contributed by atoms with Gasteiger partial charge in [-0.15, -0.1) is 6.58 Å².